The van der Waals surface area contributed by atoms with Gasteiger partial charge < -0.3 is 0 Å². The maximum atomic E-state index is 5.97. The van der Waals surface area contributed by atoms with Crippen molar-refractivity contribution in [2.24, 2.45) is 5.73 Å². The first-order valence-electron chi connectivity index (χ1n) is 6.86. The summed E-state index contributed by atoms with van der Waals surface area (Å²) in [6.45, 7) is 9.20. The Hall–Kier alpha value is 0.554. The summed E-state index contributed by atoms with van der Waals surface area (Å²) in [7, 11) is 0. The van der Waals surface area contributed by atoms with Gasteiger partial charge in [0.15, 0.2) is 0 Å². The van der Waals surface area contributed by atoms with Crippen molar-refractivity contribution in [3.63, 3.8) is 0 Å². The summed E-state index contributed by atoms with van der Waals surface area (Å²) < 4.78 is 18.8. The van der Waals surface area contributed by atoms with Crippen LogP contribution >= 0.6 is 0 Å². The molecule has 0 saturated carbocycles. The Balaban J connectivity index is 4.39. The first kappa shape index (κ1) is 17.6. The van der Waals surface area contributed by atoms with E-state index in [2.05, 4.69) is 20.8 Å². The van der Waals surface area contributed by atoms with Crippen molar-refractivity contribution in [3.05, 3.63) is 0 Å². The average molecular weight is 283 g/mol. The second-order valence-electron chi connectivity index (χ2n) is 4.12. The molecule has 0 aliphatic rings. The Bertz CT molecular complexity index is 132. The second-order valence-corrected chi connectivity index (χ2v) is 8.39. The van der Waals surface area contributed by atoms with Crippen LogP contribution in [0.15, 0.2) is 0 Å². The predicted octanol–water partition coefficient (Wildman–Crippen LogP) is 2.93. The molecule has 17 heavy (non-hydrogen) atoms. The first-order chi connectivity index (χ1) is 8.24. The van der Waals surface area contributed by atoms with Gasteiger partial charge in [0.2, 0.25) is 0 Å². The van der Waals surface area contributed by atoms with Gasteiger partial charge in [-0.3, -0.25) is 0 Å². The Morgan fingerprint density at radius 3 is 1.53 bits per heavy atom. The summed E-state index contributed by atoms with van der Waals surface area (Å²) in [4.78, 5) is 0. The zero-order valence-corrected chi connectivity index (χ0v) is 13.2. The molecule has 0 bridgehead atoms. The number of hydrogen-bond donors (Lipinski definition) is 1. The molecular formula is C12H29NO3Ti. The van der Waals surface area contributed by atoms with Crippen LogP contribution < -0.4 is 5.73 Å². The van der Waals surface area contributed by atoms with Crippen molar-refractivity contribution in [2.75, 3.05) is 26.4 Å². The SMILES string of the molecule is CCC[O][Ti]([CH2]CCN)([O]CCC)[O]CCC. The summed E-state index contributed by atoms with van der Waals surface area (Å²) >= 11 is -3.01. The molecule has 0 heterocycles. The predicted molar refractivity (Wildman–Crippen MR) is 67.2 cm³/mol. The van der Waals surface area contributed by atoms with Crippen molar-refractivity contribution in [3.8, 4) is 0 Å². The van der Waals surface area contributed by atoms with Gasteiger partial charge in [-0.2, -0.15) is 0 Å². The second kappa shape index (κ2) is 11.6. The molecule has 0 aromatic rings. The van der Waals surface area contributed by atoms with E-state index in [9.17, 15) is 0 Å². The average Bonchev–Trinajstić information content (AvgIpc) is 2.37. The molecule has 0 aliphatic heterocycles. The Kier molecular flexibility index (Phi) is 12.0. The van der Waals surface area contributed by atoms with Crippen molar-refractivity contribution >= 4 is 0 Å². The third-order valence-electron chi connectivity index (χ3n) is 2.27. The Labute approximate surface area is 111 Å². The van der Waals surface area contributed by atoms with E-state index in [-0.39, 0.29) is 0 Å². The van der Waals surface area contributed by atoms with Crippen LogP contribution in [-0.2, 0) is 27.7 Å². The standard InChI is InChI=1S/C3H8N.3C3H7O.Ti/c4*1-2-3-4;/h1-4H2;3*2-3H2,1H3;/q;3*-1;+3. The monoisotopic (exact) mass is 283 g/mol. The Morgan fingerprint density at radius 2 is 1.24 bits per heavy atom. The number of hydrogen-bond acceptors (Lipinski definition) is 4. The fourth-order valence-electron chi connectivity index (χ4n) is 1.43. The van der Waals surface area contributed by atoms with Gasteiger partial charge in [0.25, 0.3) is 0 Å². The van der Waals surface area contributed by atoms with Crippen LogP contribution in [0.5, 0.6) is 0 Å². The third-order valence-corrected chi connectivity index (χ3v) is 6.79. The van der Waals surface area contributed by atoms with E-state index in [1.54, 1.807) is 0 Å². The molecule has 0 unspecified atom stereocenters. The van der Waals surface area contributed by atoms with Crippen LogP contribution in [0.25, 0.3) is 0 Å². The van der Waals surface area contributed by atoms with Crippen LogP contribution in [0.1, 0.15) is 46.5 Å². The molecule has 0 atom stereocenters. The molecule has 0 spiro atoms. The number of rotatable bonds is 12. The van der Waals surface area contributed by atoms with Gasteiger partial charge in [-0.1, -0.05) is 0 Å². The van der Waals surface area contributed by atoms with Crippen molar-refractivity contribution in [2.45, 2.75) is 51.2 Å². The van der Waals surface area contributed by atoms with Gasteiger partial charge in [-0.15, -0.1) is 0 Å². The van der Waals surface area contributed by atoms with E-state index < -0.39 is 17.8 Å². The molecule has 104 valence electrons. The van der Waals surface area contributed by atoms with Gasteiger partial charge in [-0.25, -0.2) is 0 Å². The van der Waals surface area contributed by atoms with E-state index in [0.717, 1.165) is 50.2 Å². The number of nitrogens with two attached hydrogens (primary N) is 1. The molecule has 0 aromatic carbocycles. The maximum absolute atomic E-state index is 5.97. The van der Waals surface area contributed by atoms with Crippen LogP contribution in [0.2, 0.25) is 4.73 Å². The summed E-state index contributed by atoms with van der Waals surface area (Å²) in [6.07, 6.45) is 3.93. The topological polar surface area (TPSA) is 53.7 Å². The van der Waals surface area contributed by atoms with E-state index in [1.165, 1.54) is 0 Å². The summed E-state index contributed by atoms with van der Waals surface area (Å²) in [5.41, 5.74) is 5.59. The van der Waals surface area contributed by atoms with Gasteiger partial charge in [0, 0.05) is 0 Å². The van der Waals surface area contributed by atoms with Gasteiger partial charge in [0.1, 0.15) is 0 Å². The van der Waals surface area contributed by atoms with E-state index in [0.29, 0.717) is 6.54 Å². The fourth-order valence-corrected chi connectivity index (χ4v) is 5.91. The molecule has 0 aliphatic carbocycles. The summed E-state index contributed by atoms with van der Waals surface area (Å²) in [6, 6.07) is 0. The van der Waals surface area contributed by atoms with Crippen molar-refractivity contribution in [1.29, 1.82) is 0 Å². The molecule has 0 amide bonds. The van der Waals surface area contributed by atoms with Crippen LogP contribution in [0.4, 0.5) is 0 Å². The van der Waals surface area contributed by atoms with Crippen LogP contribution in [0, 0.1) is 0 Å². The minimum absolute atomic E-state index is 0.674. The molecule has 2 N–H and O–H groups in total. The molecule has 0 radical (unpaired) electrons. The summed E-state index contributed by atoms with van der Waals surface area (Å²) in [5, 5.41) is 0. The van der Waals surface area contributed by atoms with Crippen molar-refractivity contribution < 1.29 is 27.7 Å². The zero-order chi connectivity index (χ0) is 13.0. The molecule has 0 rings (SSSR count). The van der Waals surface area contributed by atoms with Gasteiger partial charge >= 0.3 is 111 Å². The molecular weight excluding hydrogens is 254 g/mol. The Morgan fingerprint density at radius 1 is 0.824 bits per heavy atom. The van der Waals surface area contributed by atoms with E-state index in [1.807, 2.05) is 0 Å². The quantitative estimate of drug-likeness (QED) is 0.559. The fraction of sp³-hybridized carbons (Fsp3) is 1.00. The zero-order valence-electron chi connectivity index (χ0n) is 11.7. The molecule has 0 saturated heterocycles. The molecule has 0 aromatic heterocycles. The summed E-state index contributed by atoms with van der Waals surface area (Å²) in [5.74, 6) is 0. The third kappa shape index (κ3) is 8.30. The van der Waals surface area contributed by atoms with Gasteiger partial charge in [0.05, 0.1) is 0 Å². The van der Waals surface area contributed by atoms with Crippen LogP contribution in [0.3, 0.4) is 0 Å². The molecule has 0 fully saturated rings. The normalized spacial score (nSPS) is 12.0. The molecule has 4 nitrogen and oxygen atoms in total. The first-order valence-corrected chi connectivity index (χ1v) is 9.88. The minimum atomic E-state index is -3.01. The van der Waals surface area contributed by atoms with Gasteiger partial charge in [-0.05, 0) is 0 Å². The van der Waals surface area contributed by atoms with E-state index >= 15 is 0 Å². The van der Waals surface area contributed by atoms with Crippen LogP contribution in [-0.4, -0.2) is 26.4 Å². The van der Waals surface area contributed by atoms with Crippen molar-refractivity contribution in [1.82, 2.24) is 0 Å². The van der Waals surface area contributed by atoms with E-state index in [4.69, 9.17) is 15.7 Å². The molecule has 5 heteroatoms.